The van der Waals surface area contributed by atoms with Gasteiger partial charge in [0.05, 0.1) is 19.6 Å². The van der Waals surface area contributed by atoms with Crippen LogP contribution >= 0.6 is 0 Å². The van der Waals surface area contributed by atoms with Gasteiger partial charge in [0.15, 0.2) is 11.6 Å². The molecule has 138 valence electrons. The van der Waals surface area contributed by atoms with E-state index in [0.717, 1.165) is 0 Å². The number of Topliss-reactive ketones (excluding diaryl/α,β-unsaturated/α-hetero) is 2. The molecular formula is C18H30O6. The summed E-state index contributed by atoms with van der Waals surface area (Å²) in [6.45, 7) is 11.3. The summed E-state index contributed by atoms with van der Waals surface area (Å²) < 4.78 is 9.77. The van der Waals surface area contributed by atoms with Crippen LogP contribution in [0.3, 0.4) is 0 Å². The maximum Gasteiger partial charge on any atom is 0.319 e. The van der Waals surface area contributed by atoms with Crippen LogP contribution in [0.25, 0.3) is 0 Å². The lowest BCUT2D eigenvalue weighted by atomic mass is 9.74. The first-order valence-corrected chi connectivity index (χ1v) is 8.14. The zero-order chi connectivity index (χ0) is 19.3. The Morgan fingerprint density at radius 2 is 1.25 bits per heavy atom. The van der Waals surface area contributed by atoms with Gasteiger partial charge in [0.2, 0.25) is 0 Å². The minimum atomic E-state index is -1.46. The number of carbonyl (C=O) groups is 4. The molecule has 0 fully saturated rings. The van der Waals surface area contributed by atoms with Gasteiger partial charge in [-0.1, -0.05) is 13.8 Å². The first-order valence-electron chi connectivity index (χ1n) is 8.14. The standard InChI is InChI=1S/C18H30O6/c1-11(2)9-10-24-16(22)18(6,7)14(20)12(3)13(19)17(4,5)15(21)23-8/h11-12H,9-10H2,1-8H3. The minimum Gasteiger partial charge on any atom is -0.468 e. The summed E-state index contributed by atoms with van der Waals surface area (Å²) in [4.78, 5) is 49.1. The number of ether oxygens (including phenoxy) is 2. The van der Waals surface area contributed by atoms with E-state index < -0.39 is 40.3 Å². The van der Waals surface area contributed by atoms with Crippen LogP contribution in [0.1, 0.15) is 54.9 Å². The molecular weight excluding hydrogens is 312 g/mol. The quantitative estimate of drug-likeness (QED) is 0.473. The van der Waals surface area contributed by atoms with Crippen LogP contribution in [-0.4, -0.2) is 37.2 Å². The Labute approximate surface area is 144 Å². The van der Waals surface area contributed by atoms with Crippen molar-refractivity contribution in [1.82, 2.24) is 0 Å². The average Bonchev–Trinajstić information content (AvgIpc) is 2.50. The van der Waals surface area contributed by atoms with Gasteiger partial charge in [-0.15, -0.1) is 0 Å². The van der Waals surface area contributed by atoms with Crippen molar-refractivity contribution >= 4 is 23.5 Å². The molecule has 0 spiro atoms. The van der Waals surface area contributed by atoms with Crippen molar-refractivity contribution in [1.29, 1.82) is 0 Å². The fraction of sp³-hybridized carbons (Fsp3) is 0.778. The van der Waals surface area contributed by atoms with Gasteiger partial charge >= 0.3 is 11.9 Å². The van der Waals surface area contributed by atoms with Gasteiger partial charge in [0.25, 0.3) is 0 Å². The molecule has 0 aromatic rings. The van der Waals surface area contributed by atoms with E-state index in [9.17, 15) is 19.2 Å². The molecule has 0 saturated heterocycles. The van der Waals surface area contributed by atoms with Crippen LogP contribution in [0.15, 0.2) is 0 Å². The Hall–Kier alpha value is -1.72. The van der Waals surface area contributed by atoms with Crippen LogP contribution in [0.2, 0.25) is 0 Å². The van der Waals surface area contributed by atoms with Crippen molar-refractivity contribution in [3.63, 3.8) is 0 Å². The van der Waals surface area contributed by atoms with E-state index in [-0.39, 0.29) is 6.61 Å². The molecule has 0 rings (SSSR count). The highest BCUT2D eigenvalue weighted by molar-refractivity contribution is 6.17. The van der Waals surface area contributed by atoms with Crippen molar-refractivity contribution in [3.05, 3.63) is 0 Å². The number of ketones is 2. The monoisotopic (exact) mass is 342 g/mol. The number of esters is 2. The topological polar surface area (TPSA) is 86.7 Å². The van der Waals surface area contributed by atoms with Gasteiger partial charge in [-0.25, -0.2) is 0 Å². The fourth-order valence-corrected chi connectivity index (χ4v) is 2.23. The lowest BCUT2D eigenvalue weighted by molar-refractivity contribution is -0.162. The van der Waals surface area contributed by atoms with Crippen LogP contribution in [-0.2, 0) is 28.7 Å². The first kappa shape index (κ1) is 22.3. The van der Waals surface area contributed by atoms with E-state index >= 15 is 0 Å². The van der Waals surface area contributed by atoms with Crippen molar-refractivity contribution in [3.8, 4) is 0 Å². The van der Waals surface area contributed by atoms with Crippen molar-refractivity contribution in [2.45, 2.75) is 54.9 Å². The van der Waals surface area contributed by atoms with E-state index in [0.29, 0.717) is 12.3 Å². The molecule has 6 heteroatoms. The first-order chi connectivity index (χ1) is 10.8. The zero-order valence-electron chi connectivity index (χ0n) is 16.0. The van der Waals surface area contributed by atoms with Crippen molar-refractivity contribution < 1.29 is 28.7 Å². The molecule has 0 radical (unpaired) electrons. The Balaban J connectivity index is 5.13. The van der Waals surface area contributed by atoms with E-state index in [4.69, 9.17) is 4.74 Å². The molecule has 0 bridgehead atoms. The fourth-order valence-electron chi connectivity index (χ4n) is 2.23. The molecule has 0 aliphatic rings. The third-order valence-electron chi connectivity index (χ3n) is 4.15. The average molecular weight is 342 g/mol. The third kappa shape index (κ3) is 5.14. The van der Waals surface area contributed by atoms with Crippen molar-refractivity contribution in [2.75, 3.05) is 13.7 Å². The van der Waals surface area contributed by atoms with Gasteiger partial charge in [-0.3, -0.25) is 19.2 Å². The van der Waals surface area contributed by atoms with Gasteiger partial charge in [-0.05, 0) is 47.0 Å². The molecule has 1 atom stereocenters. The summed E-state index contributed by atoms with van der Waals surface area (Å²) in [7, 11) is 1.18. The predicted octanol–water partition coefficient (Wildman–Crippen LogP) is 2.58. The lowest BCUT2D eigenvalue weighted by Crippen LogP contribution is -2.46. The summed E-state index contributed by atoms with van der Waals surface area (Å²) in [5.74, 6) is -3.28. The highest BCUT2D eigenvalue weighted by atomic mass is 16.5. The largest absolute Gasteiger partial charge is 0.468 e. The highest BCUT2D eigenvalue weighted by Gasteiger charge is 2.47. The molecule has 0 aliphatic carbocycles. The van der Waals surface area contributed by atoms with Crippen LogP contribution in [0.5, 0.6) is 0 Å². The molecule has 0 aromatic heterocycles. The zero-order valence-corrected chi connectivity index (χ0v) is 16.0. The normalized spacial score (nSPS) is 13.4. The van der Waals surface area contributed by atoms with E-state index in [1.54, 1.807) is 0 Å². The maximum atomic E-state index is 12.6. The molecule has 0 aromatic carbocycles. The van der Waals surface area contributed by atoms with E-state index in [2.05, 4.69) is 4.74 Å². The summed E-state index contributed by atoms with van der Waals surface area (Å²) in [6, 6.07) is 0. The van der Waals surface area contributed by atoms with Gasteiger partial charge < -0.3 is 9.47 Å². The number of hydrogen-bond donors (Lipinski definition) is 0. The summed E-state index contributed by atoms with van der Waals surface area (Å²) in [5.41, 5.74) is -2.92. The Morgan fingerprint density at radius 1 is 0.833 bits per heavy atom. The minimum absolute atomic E-state index is 0.225. The van der Waals surface area contributed by atoms with E-state index in [1.165, 1.54) is 41.7 Å². The molecule has 0 amide bonds. The van der Waals surface area contributed by atoms with Crippen LogP contribution in [0.4, 0.5) is 0 Å². The van der Waals surface area contributed by atoms with Gasteiger partial charge in [0.1, 0.15) is 10.8 Å². The number of rotatable bonds is 9. The molecule has 6 nitrogen and oxygen atoms in total. The molecule has 0 aliphatic heterocycles. The second-order valence-corrected chi connectivity index (χ2v) is 7.51. The summed E-state index contributed by atoms with van der Waals surface area (Å²) in [5, 5.41) is 0. The number of hydrogen-bond acceptors (Lipinski definition) is 6. The van der Waals surface area contributed by atoms with Gasteiger partial charge in [-0.2, -0.15) is 0 Å². The Morgan fingerprint density at radius 3 is 1.62 bits per heavy atom. The second-order valence-electron chi connectivity index (χ2n) is 7.51. The Bertz CT molecular complexity index is 502. The molecule has 0 heterocycles. The third-order valence-corrected chi connectivity index (χ3v) is 4.15. The predicted molar refractivity (Wildman–Crippen MR) is 89.2 cm³/mol. The summed E-state index contributed by atoms with van der Waals surface area (Å²) >= 11 is 0. The van der Waals surface area contributed by atoms with Crippen LogP contribution < -0.4 is 0 Å². The van der Waals surface area contributed by atoms with Gasteiger partial charge in [0, 0.05) is 0 Å². The molecule has 1 unspecified atom stereocenters. The smallest absolute Gasteiger partial charge is 0.319 e. The van der Waals surface area contributed by atoms with E-state index in [1.807, 2.05) is 13.8 Å². The molecule has 0 saturated carbocycles. The Kier molecular flexibility index (Phi) is 7.80. The lowest BCUT2D eigenvalue weighted by Gasteiger charge is -2.28. The number of methoxy groups -OCH3 is 1. The number of carbonyl (C=O) groups excluding carboxylic acids is 4. The summed E-state index contributed by atoms with van der Waals surface area (Å²) in [6.07, 6.45) is 0.694. The molecule has 24 heavy (non-hydrogen) atoms. The molecule has 0 N–H and O–H groups in total. The SMILES string of the molecule is COC(=O)C(C)(C)C(=O)C(C)C(=O)C(C)(C)C(=O)OCCC(C)C. The van der Waals surface area contributed by atoms with Crippen LogP contribution in [0, 0.1) is 22.7 Å². The second kappa shape index (κ2) is 8.40. The maximum absolute atomic E-state index is 12.6. The van der Waals surface area contributed by atoms with Crippen molar-refractivity contribution in [2.24, 2.45) is 22.7 Å². The highest BCUT2D eigenvalue weighted by Crippen LogP contribution is 2.30.